The first kappa shape index (κ1) is 20.7. The van der Waals surface area contributed by atoms with E-state index in [9.17, 15) is 8.78 Å². The standard InChI is InChI=1S/C22H33ClF2/c1-16-3-9-20(10-4-16)21-11-7-18(8-12-21)5-6-19(13-14-24)15-22(25)17(2)23/h13,15-16,18,20-21H,2-12,14H2,1H3/b19-13-,22-15+. The van der Waals surface area contributed by atoms with E-state index in [-0.39, 0.29) is 5.03 Å². The summed E-state index contributed by atoms with van der Waals surface area (Å²) in [4.78, 5) is 0. The maximum atomic E-state index is 13.6. The van der Waals surface area contributed by atoms with Gasteiger partial charge in [0.25, 0.3) is 0 Å². The largest absolute Gasteiger partial charge is 0.247 e. The molecular weight excluding hydrogens is 338 g/mol. The van der Waals surface area contributed by atoms with Gasteiger partial charge in [-0.3, -0.25) is 0 Å². The quantitative estimate of drug-likeness (QED) is 0.399. The van der Waals surface area contributed by atoms with E-state index in [4.69, 9.17) is 11.6 Å². The molecule has 2 aliphatic rings. The number of halogens is 3. The Bertz CT molecular complexity index is 478. The molecule has 0 spiro atoms. The van der Waals surface area contributed by atoms with Crippen LogP contribution in [0.25, 0.3) is 0 Å². The summed E-state index contributed by atoms with van der Waals surface area (Å²) in [6.45, 7) is 5.19. The van der Waals surface area contributed by atoms with Gasteiger partial charge < -0.3 is 0 Å². The molecule has 0 heterocycles. The van der Waals surface area contributed by atoms with Gasteiger partial charge in [0.1, 0.15) is 12.5 Å². The first-order chi connectivity index (χ1) is 12.0. The van der Waals surface area contributed by atoms with Crippen molar-refractivity contribution in [2.75, 3.05) is 6.67 Å². The molecule has 2 aliphatic carbocycles. The third-order valence-electron chi connectivity index (χ3n) is 6.37. The summed E-state index contributed by atoms with van der Waals surface area (Å²) in [7, 11) is 0. The molecular formula is C22H33ClF2. The maximum absolute atomic E-state index is 13.6. The van der Waals surface area contributed by atoms with Crippen molar-refractivity contribution in [1.82, 2.24) is 0 Å². The molecule has 2 fully saturated rings. The number of rotatable bonds is 7. The normalized spacial score (nSPS) is 31.8. The second-order valence-electron chi connectivity index (χ2n) is 8.17. The summed E-state index contributed by atoms with van der Waals surface area (Å²) >= 11 is 5.56. The molecule has 3 heteroatoms. The Morgan fingerprint density at radius 2 is 1.60 bits per heavy atom. The van der Waals surface area contributed by atoms with Crippen molar-refractivity contribution in [2.45, 2.75) is 71.1 Å². The fourth-order valence-corrected chi connectivity index (χ4v) is 4.70. The van der Waals surface area contributed by atoms with Gasteiger partial charge in [0, 0.05) is 0 Å². The predicted octanol–water partition coefficient (Wildman–Crippen LogP) is 7.90. The van der Waals surface area contributed by atoms with Gasteiger partial charge in [0.05, 0.1) is 5.03 Å². The first-order valence-corrected chi connectivity index (χ1v) is 10.3. The molecule has 0 aromatic rings. The van der Waals surface area contributed by atoms with Crippen molar-refractivity contribution >= 4 is 11.6 Å². The van der Waals surface area contributed by atoms with Gasteiger partial charge in [-0.1, -0.05) is 56.9 Å². The summed E-state index contributed by atoms with van der Waals surface area (Å²) in [6.07, 6.45) is 15.4. The van der Waals surface area contributed by atoms with Crippen LogP contribution in [0.4, 0.5) is 8.78 Å². The number of hydrogen-bond donors (Lipinski definition) is 0. The zero-order valence-electron chi connectivity index (χ0n) is 15.6. The summed E-state index contributed by atoms with van der Waals surface area (Å²) < 4.78 is 26.3. The summed E-state index contributed by atoms with van der Waals surface area (Å²) in [5.74, 6) is 2.92. The molecule has 0 aliphatic heterocycles. The monoisotopic (exact) mass is 370 g/mol. The number of allylic oxidation sites excluding steroid dienone is 5. The summed E-state index contributed by atoms with van der Waals surface area (Å²) in [5.41, 5.74) is 0.699. The Morgan fingerprint density at radius 3 is 2.12 bits per heavy atom. The molecule has 0 aromatic heterocycles. The van der Waals surface area contributed by atoms with Gasteiger partial charge >= 0.3 is 0 Å². The van der Waals surface area contributed by atoms with Gasteiger partial charge in [0.2, 0.25) is 0 Å². The molecule has 25 heavy (non-hydrogen) atoms. The average molecular weight is 371 g/mol. The molecule has 0 aromatic carbocycles. The van der Waals surface area contributed by atoms with Crippen LogP contribution in [0.2, 0.25) is 0 Å². The van der Waals surface area contributed by atoms with Gasteiger partial charge in [-0.25, -0.2) is 8.78 Å². The Balaban J connectivity index is 1.76. The van der Waals surface area contributed by atoms with Crippen molar-refractivity contribution in [3.05, 3.63) is 35.2 Å². The fourth-order valence-electron chi connectivity index (χ4n) is 4.65. The van der Waals surface area contributed by atoms with Gasteiger partial charge in [-0.15, -0.1) is 0 Å². The van der Waals surface area contributed by atoms with E-state index in [2.05, 4.69) is 13.5 Å². The van der Waals surface area contributed by atoms with Crippen molar-refractivity contribution in [2.24, 2.45) is 23.7 Å². The van der Waals surface area contributed by atoms with E-state index >= 15 is 0 Å². The minimum atomic E-state index is -0.569. The molecule has 0 N–H and O–H groups in total. The van der Waals surface area contributed by atoms with Crippen LogP contribution < -0.4 is 0 Å². The van der Waals surface area contributed by atoms with Crippen molar-refractivity contribution < 1.29 is 8.78 Å². The van der Waals surface area contributed by atoms with E-state index in [0.717, 1.165) is 30.6 Å². The highest BCUT2D eigenvalue weighted by molar-refractivity contribution is 6.31. The molecule has 2 rings (SSSR count). The van der Waals surface area contributed by atoms with Gasteiger partial charge in [-0.2, -0.15) is 0 Å². The second-order valence-corrected chi connectivity index (χ2v) is 8.63. The van der Waals surface area contributed by atoms with Crippen LogP contribution >= 0.6 is 11.6 Å². The zero-order chi connectivity index (χ0) is 18.2. The molecule has 0 atom stereocenters. The lowest BCUT2D eigenvalue weighted by molar-refractivity contribution is 0.148. The van der Waals surface area contributed by atoms with Crippen LogP contribution in [0, 0.1) is 23.7 Å². The third kappa shape index (κ3) is 6.89. The van der Waals surface area contributed by atoms with E-state index in [1.54, 1.807) is 0 Å². The molecule has 142 valence electrons. The van der Waals surface area contributed by atoms with E-state index in [1.165, 1.54) is 63.5 Å². The van der Waals surface area contributed by atoms with E-state index in [1.807, 2.05) is 0 Å². The molecule has 2 saturated carbocycles. The molecule has 0 nitrogen and oxygen atoms in total. The highest BCUT2D eigenvalue weighted by Gasteiger charge is 2.29. The highest BCUT2D eigenvalue weighted by atomic mass is 35.5. The topological polar surface area (TPSA) is 0 Å². The van der Waals surface area contributed by atoms with Crippen LogP contribution in [-0.4, -0.2) is 6.67 Å². The lowest BCUT2D eigenvalue weighted by atomic mass is 9.69. The summed E-state index contributed by atoms with van der Waals surface area (Å²) in [5, 5.41) is -0.118. The Kier molecular flexibility index (Phi) is 8.69. The first-order valence-electron chi connectivity index (χ1n) is 9.96. The number of hydrogen-bond acceptors (Lipinski definition) is 0. The number of alkyl halides is 1. The van der Waals surface area contributed by atoms with Crippen LogP contribution in [0.5, 0.6) is 0 Å². The third-order valence-corrected chi connectivity index (χ3v) is 6.55. The average Bonchev–Trinajstić information content (AvgIpc) is 2.61. The van der Waals surface area contributed by atoms with Crippen molar-refractivity contribution in [3.63, 3.8) is 0 Å². The molecule has 0 saturated heterocycles. The molecule has 0 unspecified atom stereocenters. The fraction of sp³-hybridized carbons (Fsp3) is 0.727. The van der Waals surface area contributed by atoms with Crippen molar-refractivity contribution in [1.29, 1.82) is 0 Å². The van der Waals surface area contributed by atoms with E-state index in [0.29, 0.717) is 11.5 Å². The van der Waals surface area contributed by atoms with Crippen LogP contribution in [-0.2, 0) is 0 Å². The van der Waals surface area contributed by atoms with Crippen LogP contribution in [0.3, 0.4) is 0 Å². The minimum Gasteiger partial charge on any atom is -0.247 e. The molecule has 0 radical (unpaired) electrons. The van der Waals surface area contributed by atoms with Gasteiger partial charge in [-0.05, 0) is 73.8 Å². The van der Waals surface area contributed by atoms with Gasteiger partial charge in [0.15, 0.2) is 0 Å². The lowest BCUT2D eigenvalue weighted by Gasteiger charge is -2.37. The van der Waals surface area contributed by atoms with E-state index < -0.39 is 12.5 Å². The zero-order valence-corrected chi connectivity index (χ0v) is 16.3. The Hall–Kier alpha value is -0.630. The summed E-state index contributed by atoms with van der Waals surface area (Å²) in [6, 6.07) is 0. The Labute approximate surface area is 157 Å². The SMILES string of the molecule is C=C(Cl)/C(F)=C\C(=C/CF)CCC1CCC(C2CCC(C)CC2)CC1. The van der Waals surface area contributed by atoms with Crippen LogP contribution in [0.1, 0.15) is 71.1 Å². The molecule has 0 bridgehead atoms. The maximum Gasteiger partial charge on any atom is 0.141 e. The molecule has 0 amide bonds. The minimum absolute atomic E-state index is 0.118. The Morgan fingerprint density at radius 1 is 1.04 bits per heavy atom. The van der Waals surface area contributed by atoms with Crippen molar-refractivity contribution in [3.8, 4) is 0 Å². The predicted molar refractivity (Wildman–Crippen MR) is 104 cm³/mol. The second kappa shape index (κ2) is 10.5. The van der Waals surface area contributed by atoms with Crippen LogP contribution in [0.15, 0.2) is 35.2 Å². The smallest absolute Gasteiger partial charge is 0.141 e. The highest BCUT2D eigenvalue weighted by Crippen LogP contribution is 2.42. The lowest BCUT2D eigenvalue weighted by Crippen LogP contribution is -2.25.